The lowest BCUT2D eigenvalue weighted by molar-refractivity contribution is -0.142. The summed E-state index contributed by atoms with van der Waals surface area (Å²) in [5.41, 5.74) is 11.8. The van der Waals surface area contributed by atoms with Gasteiger partial charge in [0.25, 0.3) is 0 Å². The Labute approximate surface area is 198 Å². The predicted molar refractivity (Wildman–Crippen MR) is 123 cm³/mol. The zero-order valence-corrected chi connectivity index (χ0v) is 19.6. The molecule has 34 heavy (non-hydrogen) atoms. The molecule has 5 atom stereocenters. The number of rotatable bonds is 16. The van der Waals surface area contributed by atoms with E-state index < -0.39 is 54.5 Å². The molecule has 13 heteroatoms. The van der Waals surface area contributed by atoms with Crippen molar-refractivity contribution in [2.24, 2.45) is 17.4 Å². The number of aromatic amines is 1. The number of aliphatic carboxylic acids is 1. The fourth-order valence-electron chi connectivity index (χ4n) is 3.15. The van der Waals surface area contributed by atoms with E-state index >= 15 is 0 Å². The van der Waals surface area contributed by atoms with Gasteiger partial charge in [0.2, 0.25) is 17.7 Å². The SMILES string of the molecule is CCC(C)C(NC(=O)C(N)CCCCN)C(=O)NC(CO)C(=O)NC(Cc1cnc[nH]1)C(=O)O. The maximum atomic E-state index is 12.9. The van der Waals surface area contributed by atoms with E-state index in [2.05, 4.69) is 25.9 Å². The molecule has 0 aliphatic rings. The van der Waals surface area contributed by atoms with Gasteiger partial charge >= 0.3 is 5.97 Å². The average molecular weight is 484 g/mol. The number of carboxylic acids is 1. The summed E-state index contributed by atoms with van der Waals surface area (Å²) in [5, 5.41) is 26.4. The summed E-state index contributed by atoms with van der Waals surface area (Å²) in [6.07, 6.45) is 5.08. The maximum absolute atomic E-state index is 12.9. The minimum absolute atomic E-state index is 0.0687. The molecule has 5 unspecified atom stereocenters. The van der Waals surface area contributed by atoms with Crippen LogP contribution in [-0.4, -0.2) is 81.2 Å². The molecule has 0 saturated carbocycles. The van der Waals surface area contributed by atoms with E-state index in [1.807, 2.05) is 6.92 Å². The summed E-state index contributed by atoms with van der Waals surface area (Å²) < 4.78 is 0. The number of carboxylic acid groups (broad SMARTS) is 1. The fourth-order valence-corrected chi connectivity index (χ4v) is 3.15. The van der Waals surface area contributed by atoms with Crippen LogP contribution in [0.1, 0.15) is 45.2 Å². The summed E-state index contributed by atoms with van der Waals surface area (Å²) in [7, 11) is 0. The minimum Gasteiger partial charge on any atom is -0.480 e. The molecule has 1 heterocycles. The summed E-state index contributed by atoms with van der Waals surface area (Å²) >= 11 is 0. The fraction of sp³-hybridized carbons (Fsp3) is 0.667. The van der Waals surface area contributed by atoms with E-state index in [9.17, 15) is 29.4 Å². The Kier molecular flexibility index (Phi) is 12.8. The molecule has 0 radical (unpaired) electrons. The number of aromatic nitrogens is 2. The van der Waals surface area contributed by atoms with Gasteiger partial charge in [-0.05, 0) is 25.3 Å². The second kappa shape index (κ2) is 15.0. The van der Waals surface area contributed by atoms with Crippen LogP contribution in [0.5, 0.6) is 0 Å². The van der Waals surface area contributed by atoms with E-state index in [0.29, 0.717) is 31.5 Å². The molecule has 0 saturated heterocycles. The Bertz CT molecular complexity index is 789. The first kappa shape index (κ1) is 29.0. The monoisotopic (exact) mass is 483 g/mol. The summed E-state index contributed by atoms with van der Waals surface area (Å²) in [6, 6.07) is -4.55. The summed E-state index contributed by atoms with van der Waals surface area (Å²) in [4.78, 5) is 56.1. The maximum Gasteiger partial charge on any atom is 0.326 e. The number of unbranched alkanes of at least 4 members (excludes halogenated alkanes) is 1. The van der Waals surface area contributed by atoms with Crippen molar-refractivity contribution in [2.45, 2.75) is 70.1 Å². The van der Waals surface area contributed by atoms with Gasteiger partial charge in [-0.2, -0.15) is 0 Å². The lowest BCUT2D eigenvalue weighted by Gasteiger charge is -2.27. The number of nitrogens with zero attached hydrogens (tertiary/aromatic N) is 1. The van der Waals surface area contributed by atoms with Crippen molar-refractivity contribution >= 4 is 23.7 Å². The molecule has 1 aromatic rings. The molecule has 13 nitrogen and oxygen atoms in total. The highest BCUT2D eigenvalue weighted by atomic mass is 16.4. The first-order valence-electron chi connectivity index (χ1n) is 11.3. The van der Waals surface area contributed by atoms with Crippen molar-refractivity contribution in [2.75, 3.05) is 13.2 Å². The highest BCUT2D eigenvalue weighted by molar-refractivity contribution is 5.94. The number of aliphatic hydroxyl groups excluding tert-OH is 1. The summed E-state index contributed by atoms with van der Waals surface area (Å²) in [6.45, 7) is 3.31. The van der Waals surface area contributed by atoms with Gasteiger partial charge in [0.05, 0.1) is 19.0 Å². The highest BCUT2D eigenvalue weighted by Crippen LogP contribution is 2.10. The van der Waals surface area contributed by atoms with E-state index in [-0.39, 0.29) is 12.3 Å². The molecule has 10 N–H and O–H groups in total. The highest BCUT2D eigenvalue weighted by Gasteiger charge is 2.32. The molecule has 1 rings (SSSR count). The Hall–Kier alpha value is -3.03. The molecular weight excluding hydrogens is 446 g/mol. The number of carbonyl (C=O) groups excluding carboxylic acids is 3. The molecule has 0 aromatic carbocycles. The summed E-state index contributed by atoms with van der Waals surface area (Å²) in [5.74, 6) is -3.66. The minimum atomic E-state index is -1.42. The van der Waals surface area contributed by atoms with Crippen molar-refractivity contribution in [3.05, 3.63) is 18.2 Å². The molecule has 0 fully saturated rings. The van der Waals surface area contributed by atoms with Crippen LogP contribution in [0.15, 0.2) is 12.5 Å². The number of H-pyrrole nitrogens is 1. The van der Waals surface area contributed by atoms with Crippen molar-refractivity contribution in [3.63, 3.8) is 0 Å². The normalized spacial score (nSPS) is 15.4. The lowest BCUT2D eigenvalue weighted by Crippen LogP contribution is -2.59. The number of nitrogens with one attached hydrogen (secondary N) is 4. The molecule has 0 aliphatic carbocycles. The zero-order chi connectivity index (χ0) is 25.7. The Morgan fingerprint density at radius 1 is 1.09 bits per heavy atom. The van der Waals surface area contributed by atoms with Crippen LogP contribution in [0.25, 0.3) is 0 Å². The van der Waals surface area contributed by atoms with Gasteiger partial charge in [-0.3, -0.25) is 14.4 Å². The third-order valence-electron chi connectivity index (χ3n) is 5.51. The van der Waals surface area contributed by atoms with E-state index in [4.69, 9.17) is 11.5 Å². The number of imidazole rings is 1. The largest absolute Gasteiger partial charge is 0.480 e. The van der Waals surface area contributed by atoms with Crippen LogP contribution < -0.4 is 27.4 Å². The number of hydrogen-bond donors (Lipinski definition) is 8. The molecule has 1 aromatic heterocycles. The van der Waals surface area contributed by atoms with Gasteiger partial charge < -0.3 is 42.6 Å². The van der Waals surface area contributed by atoms with Crippen LogP contribution in [0, 0.1) is 5.92 Å². The molecule has 3 amide bonds. The average Bonchev–Trinajstić information content (AvgIpc) is 3.32. The standard InChI is InChI=1S/C21H37N7O6/c1-3-12(2)17(28-18(30)14(23)6-4-5-7-22)20(32)27-16(10-29)19(31)26-15(21(33)34)8-13-9-24-11-25-13/h9,11-12,14-17,29H,3-8,10,22-23H2,1-2H3,(H,24,25)(H,26,31)(H,27,32)(H,28,30)(H,33,34). The quantitative estimate of drug-likeness (QED) is 0.121. The zero-order valence-electron chi connectivity index (χ0n) is 19.6. The number of hydrogen-bond acceptors (Lipinski definition) is 8. The smallest absolute Gasteiger partial charge is 0.326 e. The lowest BCUT2D eigenvalue weighted by atomic mass is 9.97. The van der Waals surface area contributed by atoms with Crippen LogP contribution >= 0.6 is 0 Å². The molecule has 0 spiro atoms. The van der Waals surface area contributed by atoms with E-state index in [1.165, 1.54) is 12.5 Å². The van der Waals surface area contributed by atoms with E-state index in [0.717, 1.165) is 6.42 Å². The van der Waals surface area contributed by atoms with Gasteiger partial charge in [0.1, 0.15) is 18.1 Å². The van der Waals surface area contributed by atoms with Gasteiger partial charge in [0, 0.05) is 18.3 Å². The molecule has 0 bridgehead atoms. The third-order valence-corrected chi connectivity index (χ3v) is 5.51. The van der Waals surface area contributed by atoms with Crippen molar-refractivity contribution in [1.29, 1.82) is 0 Å². The van der Waals surface area contributed by atoms with Crippen LogP contribution in [-0.2, 0) is 25.6 Å². The van der Waals surface area contributed by atoms with E-state index in [1.54, 1.807) is 6.92 Å². The van der Waals surface area contributed by atoms with Crippen molar-refractivity contribution in [1.82, 2.24) is 25.9 Å². The Morgan fingerprint density at radius 3 is 2.29 bits per heavy atom. The second-order valence-corrected chi connectivity index (χ2v) is 8.19. The number of amides is 3. The third kappa shape index (κ3) is 9.45. The topological polar surface area (TPSA) is 226 Å². The second-order valence-electron chi connectivity index (χ2n) is 8.19. The van der Waals surface area contributed by atoms with Gasteiger partial charge in [-0.25, -0.2) is 9.78 Å². The van der Waals surface area contributed by atoms with Crippen molar-refractivity contribution in [3.8, 4) is 0 Å². The molecule has 0 aliphatic heterocycles. The van der Waals surface area contributed by atoms with Crippen molar-refractivity contribution < 1.29 is 29.4 Å². The number of nitrogens with two attached hydrogens (primary N) is 2. The Morgan fingerprint density at radius 2 is 1.76 bits per heavy atom. The van der Waals surface area contributed by atoms with Crippen LogP contribution in [0.4, 0.5) is 0 Å². The van der Waals surface area contributed by atoms with Crippen LogP contribution in [0.2, 0.25) is 0 Å². The van der Waals surface area contributed by atoms with Gasteiger partial charge in [-0.15, -0.1) is 0 Å². The first-order chi connectivity index (χ1) is 16.1. The predicted octanol–water partition coefficient (Wildman–Crippen LogP) is -2.01. The first-order valence-corrected chi connectivity index (χ1v) is 11.3. The van der Waals surface area contributed by atoms with Gasteiger partial charge in [0.15, 0.2) is 0 Å². The van der Waals surface area contributed by atoms with Gasteiger partial charge in [-0.1, -0.05) is 26.7 Å². The number of carbonyl (C=O) groups is 4. The number of aliphatic hydroxyl groups is 1. The van der Waals surface area contributed by atoms with Crippen LogP contribution in [0.3, 0.4) is 0 Å². The Balaban J connectivity index is 2.82. The molecular formula is C21H37N7O6. The molecule has 192 valence electrons.